The van der Waals surface area contributed by atoms with Gasteiger partial charge in [0.2, 0.25) is 0 Å². The van der Waals surface area contributed by atoms with Gasteiger partial charge < -0.3 is 16.0 Å². The van der Waals surface area contributed by atoms with Crippen LogP contribution in [0.25, 0.3) is 0 Å². The topological polar surface area (TPSA) is 58.4 Å². The summed E-state index contributed by atoms with van der Waals surface area (Å²) in [7, 11) is 0. The van der Waals surface area contributed by atoms with Crippen LogP contribution in [0, 0.1) is 0 Å². The molecule has 4 rings (SSSR count). The van der Waals surface area contributed by atoms with Crippen LogP contribution in [0.1, 0.15) is 45.0 Å². The Balaban J connectivity index is 1.80. The zero-order valence-corrected chi connectivity index (χ0v) is 13.2. The molecular formula is C16H14F3N3OS. The van der Waals surface area contributed by atoms with Gasteiger partial charge in [-0.1, -0.05) is 12.1 Å². The molecule has 0 spiro atoms. The van der Waals surface area contributed by atoms with Crippen molar-refractivity contribution in [3.8, 4) is 0 Å². The minimum absolute atomic E-state index is 0.170. The number of halogens is 3. The van der Waals surface area contributed by atoms with Gasteiger partial charge in [-0.25, -0.2) is 0 Å². The molecule has 2 aliphatic rings. The number of thiophene rings is 1. The highest BCUT2D eigenvalue weighted by Crippen LogP contribution is 2.44. The number of hydrogen-bond donors (Lipinski definition) is 2. The molecule has 0 bridgehead atoms. The van der Waals surface area contributed by atoms with Gasteiger partial charge >= 0.3 is 6.18 Å². The van der Waals surface area contributed by atoms with Crippen LogP contribution in [-0.2, 0) is 6.18 Å². The van der Waals surface area contributed by atoms with Crippen molar-refractivity contribution in [3.05, 3.63) is 51.2 Å². The van der Waals surface area contributed by atoms with Crippen molar-refractivity contribution >= 4 is 22.9 Å². The van der Waals surface area contributed by atoms with E-state index in [1.807, 2.05) is 11.0 Å². The van der Waals surface area contributed by atoms with Gasteiger partial charge in [-0.05, 0) is 24.1 Å². The minimum Gasteiger partial charge on any atom is -0.346 e. The third kappa shape index (κ3) is 2.29. The fourth-order valence-corrected chi connectivity index (χ4v) is 4.29. The van der Waals surface area contributed by atoms with Crippen molar-refractivity contribution in [1.82, 2.24) is 5.32 Å². The molecule has 0 aliphatic carbocycles. The van der Waals surface area contributed by atoms with E-state index in [4.69, 9.17) is 5.73 Å². The number of carbonyl (C=O) groups excluding carboxylic acids is 1. The van der Waals surface area contributed by atoms with E-state index in [1.165, 1.54) is 0 Å². The third-order valence-electron chi connectivity index (χ3n) is 4.48. The molecule has 3 N–H and O–H groups in total. The predicted molar refractivity (Wildman–Crippen MR) is 84.9 cm³/mol. The molecule has 4 nitrogen and oxygen atoms in total. The standard InChI is InChI=1S/C16H14F3N3OS/c17-16(18,19)8-6-12(24-7-8)14-21-15(23)10-3-1-2-9-11(20)4-5-22(14)13(9)10/h1-3,6-7,11,14H,4-5,20H2,(H,21,23)/t11-,14+/m0/s1. The summed E-state index contributed by atoms with van der Waals surface area (Å²) in [4.78, 5) is 14.8. The number of alkyl halides is 3. The highest BCUT2D eigenvalue weighted by molar-refractivity contribution is 7.10. The fraction of sp³-hybridized carbons (Fsp3) is 0.312. The van der Waals surface area contributed by atoms with Crippen LogP contribution in [0.3, 0.4) is 0 Å². The summed E-state index contributed by atoms with van der Waals surface area (Å²) in [6, 6.07) is 6.31. The molecule has 24 heavy (non-hydrogen) atoms. The molecule has 0 saturated heterocycles. The molecule has 2 aliphatic heterocycles. The van der Waals surface area contributed by atoms with Gasteiger partial charge in [0.15, 0.2) is 0 Å². The van der Waals surface area contributed by atoms with Crippen molar-refractivity contribution in [2.24, 2.45) is 5.73 Å². The highest BCUT2D eigenvalue weighted by atomic mass is 32.1. The van der Waals surface area contributed by atoms with E-state index < -0.39 is 17.9 Å². The summed E-state index contributed by atoms with van der Waals surface area (Å²) >= 11 is 1.00. The van der Waals surface area contributed by atoms with E-state index >= 15 is 0 Å². The molecule has 0 fully saturated rings. The van der Waals surface area contributed by atoms with Gasteiger partial charge in [-0.3, -0.25) is 4.79 Å². The Morgan fingerprint density at radius 2 is 2.12 bits per heavy atom. The minimum atomic E-state index is -4.39. The van der Waals surface area contributed by atoms with Crippen LogP contribution in [0.15, 0.2) is 29.6 Å². The summed E-state index contributed by atoms with van der Waals surface area (Å²) in [6.45, 7) is 0.579. The molecule has 8 heteroatoms. The maximum absolute atomic E-state index is 12.9. The molecule has 1 aromatic heterocycles. The zero-order valence-electron chi connectivity index (χ0n) is 12.4. The SMILES string of the molecule is N[C@H]1CCN2c3c(cccc31)C(=O)N[C@H]2c1cc(C(F)(F)F)cs1. The smallest absolute Gasteiger partial charge is 0.346 e. The number of amides is 1. The van der Waals surface area contributed by atoms with E-state index in [-0.39, 0.29) is 11.9 Å². The maximum Gasteiger partial charge on any atom is 0.417 e. The largest absolute Gasteiger partial charge is 0.417 e. The first-order chi connectivity index (χ1) is 11.4. The van der Waals surface area contributed by atoms with Gasteiger partial charge in [-0.2, -0.15) is 13.2 Å². The molecule has 126 valence electrons. The Morgan fingerprint density at radius 1 is 1.33 bits per heavy atom. The van der Waals surface area contributed by atoms with E-state index in [1.54, 1.807) is 12.1 Å². The Bertz CT molecular complexity index is 817. The van der Waals surface area contributed by atoms with Crippen LogP contribution in [-0.4, -0.2) is 12.5 Å². The molecule has 0 radical (unpaired) electrons. The van der Waals surface area contributed by atoms with E-state index in [2.05, 4.69) is 5.32 Å². The number of benzene rings is 1. The number of nitrogens with one attached hydrogen (secondary N) is 1. The van der Waals surface area contributed by atoms with Crippen LogP contribution < -0.4 is 16.0 Å². The summed E-state index contributed by atoms with van der Waals surface area (Å²) in [6.07, 6.45) is -4.30. The maximum atomic E-state index is 12.9. The average molecular weight is 353 g/mol. The van der Waals surface area contributed by atoms with Gasteiger partial charge in [0.1, 0.15) is 6.17 Å². The summed E-state index contributed by atoms with van der Waals surface area (Å²) < 4.78 is 38.6. The van der Waals surface area contributed by atoms with Crippen LogP contribution in [0.5, 0.6) is 0 Å². The second kappa shape index (κ2) is 5.22. The van der Waals surface area contributed by atoms with Crippen molar-refractivity contribution in [2.45, 2.75) is 24.8 Å². The number of nitrogens with two attached hydrogens (primary N) is 1. The number of para-hydroxylation sites is 1. The van der Waals surface area contributed by atoms with E-state index in [0.717, 1.165) is 34.0 Å². The molecule has 1 amide bonds. The highest BCUT2D eigenvalue weighted by Gasteiger charge is 2.39. The van der Waals surface area contributed by atoms with Crippen molar-refractivity contribution in [2.75, 3.05) is 11.4 Å². The van der Waals surface area contributed by atoms with Gasteiger partial charge in [-0.15, -0.1) is 11.3 Å². The lowest BCUT2D eigenvalue weighted by Gasteiger charge is -2.43. The monoisotopic (exact) mass is 353 g/mol. The Hall–Kier alpha value is -2.06. The first kappa shape index (κ1) is 15.5. The molecule has 0 saturated carbocycles. The Labute approximate surface area is 140 Å². The van der Waals surface area contributed by atoms with Crippen molar-refractivity contribution < 1.29 is 18.0 Å². The van der Waals surface area contributed by atoms with Gasteiger partial charge in [0.05, 0.1) is 16.8 Å². The van der Waals surface area contributed by atoms with Crippen LogP contribution >= 0.6 is 11.3 Å². The first-order valence-electron chi connectivity index (χ1n) is 7.48. The summed E-state index contributed by atoms with van der Waals surface area (Å²) in [5, 5.41) is 3.90. The van der Waals surface area contributed by atoms with Crippen LogP contribution in [0.4, 0.5) is 18.9 Å². The number of carbonyl (C=O) groups is 1. The van der Waals surface area contributed by atoms with Crippen molar-refractivity contribution in [1.29, 1.82) is 0 Å². The van der Waals surface area contributed by atoms with Crippen molar-refractivity contribution in [3.63, 3.8) is 0 Å². The lowest BCUT2D eigenvalue weighted by molar-refractivity contribution is -0.137. The molecular weight excluding hydrogens is 339 g/mol. The molecule has 2 aromatic rings. The normalized spacial score (nSPS) is 23.0. The fourth-order valence-electron chi connectivity index (χ4n) is 3.32. The second-order valence-electron chi connectivity index (χ2n) is 5.94. The number of nitrogens with zero attached hydrogens (tertiary/aromatic N) is 1. The zero-order chi connectivity index (χ0) is 17.1. The van der Waals surface area contributed by atoms with E-state index in [9.17, 15) is 18.0 Å². The second-order valence-corrected chi connectivity index (χ2v) is 6.89. The number of anilines is 1. The first-order valence-corrected chi connectivity index (χ1v) is 8.36. The Kier molecular flexibility index (Phi) is 3.36. The molecule has 0 unspecified atom stereocenters. The van der Waals surface area contributed by atoms with E-state index in [0.29, 0.717) is 23.4 Å². The Morgan fingerprint density at radius 3 is 2.83 bits per heavy atom. The van der Waals surface area contributed by atoms with Gasteiger partial charge in [0, 0.05) is 22.8 Å². The summed E-state index contributed by atoms with van der Waals surface area (Å²) in [5.41, 5.74) is 7.58. The number of hydrogen-bond acceptors (Lipinski definition) is 4. The lowest BCUT2D eigenvalue weighted by Crippen LogP contribution is -2.49. The molecule has 2 atom stereocenters. The lowest BCUT2D eigenvalue weighted by atomic mass is 9.91. The summed E-state index contributed by atoms with van der Waals surface area (Å²) in [5.74, 6) is -0.288. The molecule has 1 aromatic carbocycles. The average Bonchev–Trinajstić information content (AvgIpc) is 3.03. The third-order valence-corrected chi connectivity index (χ3v) is 5.46. The number of rotatable bonds is 1. The van der Waals surface area contributed by atoms with Gasteiger partial charge in [0.25, 0.3) is 5.91 Å². The van der Waals surface area contributed by atoms with Crippen LogP contribution in [0.2, 0.25) is 0 Å². The quantitative estimate of drug-likeness (QED) is 0.826. The molecule has 3 heterocycles. The predicted octanol–water partition coefficient (Wildman–Crippen LogP) is 3.42.